The molecule has 6 heteroatoms. The Morgan fingerprint density at radius 1 is 1.32 bits per heavy atom. The van der Waals surface area contributed by atoms with Crippen molar-refractivity contribution in [3.63, 3.8) is 0 Å². The van der Waals surface area contributed by atoms with E-state index < -0.39 is 0 Å². The largest absolute Gasteiger partial charge is 0.361 e. The first-order valence-electron chi connectivity index (χ1n) is 6.41. The van der Waals surface area contributed by atoms with Crippen molar-refractivity contribution in [3.05, 3.63) is 29.9 Å². The number of rotatable bonds is 5. The summed E-state index contributed by atoms with van der Waals surface area (Å²) in [5, 5.41) is 7.31. The summed E-state index contributed by atoms with van der Waals surface area (Å²) in [6, 6.07) is 2.02. The Balaban J connectivity index is 1.67. The van der Waals surface area contributed by atoms with Gasteiger partial charge < -0.3 is 14.7 Å². The summed E-state index contributed by atoms with van der Waals surface area (Å²) >= 11 is 0. The molecule has 0 spiro atoms. The van der Waals surface area contributed by atoms with Crippen molar-refractivity contribution in [2.75, 3.05) is 24.3 Å². The average molecular weight is 259 g/mol. The van der Waals surface area contributed by atoms with Crippen LogP contribution in [0, 0.1) is 0 Å². The number of nitrogens with zero attached hydrogens (tertiary/aromatic N) is 4. The minimum Gasteiger partial charge on any atom is -0.361 e. The van der Waals surface area contributed by atoms with E-state index in [0.29, 0.717) is 12.5 Å². The third kappa shape index (κ3) is 2.67. The van der Waals surface area contributed by atoms with Crippen molar-refractivity contribution in [2.24, 2.45) is 0 Å². The minimum absolute atomic E-state index is 0.593. The second kappa shape index (κ2) is 4.87. The molecular weight excluding hydrogens is 242 g/mol. The number of anilines is 2. The van der Waals surface area contributed by atoms with E-state index in [9.17, 15) is 0 Å². The Kier molecular flexibility index (Phi) is 3.06. The van der Waals surface area contributed by atoms with E-state index in [1.807, 2.05) is 25.1 Å². The molecular formula is C13H17N5O. The molecule has 1 aliphatic rings. The first kappa shape index (κ1) is 12.0. The van der Waals surface area contributed by atoms with Crippen molar-refractivity contribution in [1.82, 2.24) is 15.1 Å². The van der Waals surface area contributed by atoms with Crippen molar-refractivity contribution in [3.8, 4) is 0 Å². The maximum atomic E-state index is 5.32. The van der Waals surface area contributed by atoms with Gasteiger partial charge in [0.2, 0.25) is 0 Å². The molecule has 0 saturated heterocycles. The van der Waals surface area contributed by atoms with Crippen LogP contribution in [0.2, 0.25) is 0 Å². The lowest BCUT2D eigenvalue weighted by Gasteiger charge is -2.15. The molecule has 0 radical (unpaired) electrons. The van der Waals surface area contributed by atoms with Gasteiger partial charge in [-0.2, -0.15) is 0 Å². The SMILES string of the molecule is CN(C)c1nccnc1NCc1cc(C2CC2)on1. The molecule has 19 heavy (non-hydrogen) atoms. The van der Waals surface area contributed by atoms with Gasteiger partial charge in [-0.15, -0.1) is 0 Å². The lowest BCUT2D eigenvalue weighted by molar-refractivity contribution is 0.379. The molecule has 1 fully saturated rings. The summed E-state index contributed by atoms with van der Waals surface area (Å²) in [5.41, 5.74) is 0.900. The standard InChI is InChI=1S/C13H17N5O/c1-18(2)13-12(14-5-6-15-13)16-8-10-7-11(19-17-10)9-3-4-9/h5-7,9H,3-4,8H2,1-2H3,(H,14,16). The summed E-state index contributed by atoms with van der Waals surface area (Å²) < 4.78 is 5.32. The normalized spacial score (nSPS) is 14.4. The van der Waals surface area contributed by atoms with Gasteiger partial charge in [-0.1, -0.05) is 5.16 Å². The van der Waals surface area contributed by atoms with E-state index in [0.717, 1.165) is 23.1 Å². The molecule has 6 nitrogen and oxygen atoms in total. The van der Waals surface area contributed by atoms with Gasteiger partial charge in [0.1, 0.15) is 11.5 Å². The van der Waals surface area contributed by atoms with Gasteiger partial charge in [-0.05, 0) is 12.8 Å². The van der Waals surface area contributed by atoms with Crippen LogP contribution in [0.15, 0.2) is 23.0 Å². The van der Waals surface area contributed by atoms with E-state index in [2.05, 4.69) is 20.4 Å². The summed E-state index contributed by atoms with van der Waals surface area (Å²) in [6.45, 7) is 0.593. The van der Waals surface area contributed by atoms with Crippen LogP contribution in [0.5, 0.6) is 0 Å². The van der Waals surface area contributed by atoms with Crippen molar-refractivity contribution >= 4 is 11.6 Å². The highest BCUT2D eigenvalue weighted by Gasteiger charge is 2.27. The molecule has 0 aromatic carbocycles. The second-order valence-corrected chi connectivity index (χ2v) is 4.97. The van der Waals surface area contributed by atoms with E-state index in [4.69, 9.17) is 4.52 Å². The van der Waals surface area contributed by atoms with Gasteiger partial charge in [0.05, 0.1) is 6.54 Å². The quantitative estimate of drug-likeness (QED) is 0.886. The first-order chi connectivity index (χ1) is 9.24. The van der Waals surface area contributed by atoms with Crippen LogP contribution in [0.1, 0.15) is 30.2 Å². The van der Waals surface area contributed by atoms with E-state index >= 15 is 0 Å². The zero-order chi connectivity index (χ0) is 13.2. The molecule has 3 rings (SSSR count). The van der Waals surface area contributed by atoms with Crippen molar-refractivity contribution < 1.29 is 4.52 Å². The van der Waals surface area contributed by atoms with Crippen LogP contribution in [0.3, 0.4) is 0 Å². The summed E-state index contributed by atoms with van der Waals surface area (Å²) in [7, 11) is 3.88. The Morgan fingerprint density at radius 2 is 2.11 bits per heavy atom. The van der Waals surface area contributed by atoms with Crippen LogP contribution < -0.4 is 10.2 Å². The Morgan fingerprint density at radius 3 is 2.84 bits per heavy atom. The minimum atomic E-state index is 0.593. The molecule has 2 aromatic rings. The summed E-state index contributed by atoms with van der Waals surface area (Å²) in [6.07, 6.45) is 5.80. The van der Waals surface area contributed by atoms with Crippen LogP contribution in [0.25, 0.3) is 0 Å². The molecule has 2 aromatic heterocycles. The van der Waals surface area contributed by atoms with E-state index in [-0.39, 0.29) is 0 Å². The lowest BCUT2D eigenvalue weighted by Crippen LogP contribution is -2.14. The molecule has 1 aliphatic carbocycles. The monoisotopic (exact) mass is 259 g/mol. The van der Waals surface area contributed by atoms with Gasteiger partial charge in [0.15, 0.2) is 11.6 Å². The third-order valence-electron chi connectivity index (χ3n) is 3.10. The highest BCUT2D eigenvalue weighted by atomic mass is 16.5. The Hall–Kier alpha value is -2.11. The fourth-order valence-electron chi connectivity index (χ4n) is 1.93. The number of aromatic nitrogens is 3. The number of hydrogen-bond acceptors (Lipinski definition) is 6. The van der Waals surface area contributed by atoms with Crippen LogP contribution in [-0.4, -0.2) is 29.2 Å². The fraction of sp³-hybridized carbons (Fsp3) is 0.462. The molecule has 0 bridgehead atoms. The Labute approximate surface area is 111 Å². The second-order valence-electron chi connectivity index (χ2n) is 4.97. The molecule has 0 aliphatic heterocycles. The van der Waals surface area contributed by atoms with E-state index in [1.54, 1.807) is 12.4 Å². The zero-order valence-corrected chi connectivity index (χ0v) is 11.1. The maximum absolute atomic E-state index is 5.32. The fourth-order valence-corrected chi connectivity index (χ4v) is 1.93. The Bertz CT molecular complexity index is 562. The van der Waals surface area contributed by atoms with Gasteiger partial charge in [-0.25, -0.2) is 9.97 Å². The zero-order valence-electron chi connectivity index (χ0n) is 11.1. The first-order valence-corrected chi connectivity index (χ1v) is 6.41. The number of nitrogens with one attached hydrogen (secondary N) is 1. The number of hydrogen-bond donors (Lipinski definition) is 1. The van der Waals surface area contributed by atoms with Crippen LogP contribution >= 0.6 is 0 Å². The van der Waals surface area contributed by atoms with Crippen LogP contribution in [-0.2, 0) is 6.54 Å². The molecule has 2 heterocycles. The molecule has 0 amide bonds. The average Bonchev–Trinajstić information content (AvgIpc) is 3.16. The highest BCUT2D eigenvalue weighted by molar-refractivity contribution is 5.59. The van der Waals surface area contributed by atoms with Crippen molar-refractivity contribution in [2.45, 2.75) is 25.3 Å². The van der Waals surface area contributed by atoms with Gasteiger partial charge >= 0.3 is 0 Å². The van der Waals surface area contributed by atoms with Crippen LogP contribution in [0.4, 0.5) is 11.6 Å². The van der Waals surface area contributed by atoms with Gasteiger partial charge in [-0.3, -0.25) is 0 Å². The maximum Gasteiger partial charge on any atom is 0.171 e. The van der Waals surface area contributed by atoms with Gasteiger partial charge in [0, 0.05) is 38.5 Å². The molecule has 0 atom stereocenters. The highest BCUT2D eigenvalue weighted by Crippen LogP contribution is 2.40. The summed E-state index contributed by atoms with van der Waals surface area (Å²) in [4.78, 5) is 10.5. The predicted octanol–water partition coefficient (Wildman–Crippen LogP) is 2.02. The molecule has 100 valence electrons. The molecule has 1 N–H and O–H groups in total. The van der Waals surface area contributed by atoms with Gasteiger partial charge in [0.25, 0.3) is 0 Å². The topological polar surface area (TPSA) is 67.1 Å². The van der Waals surface area contributed by atoms with Crippen molar-refractivity contribution in [1.29, 1.82) is 0 Å². The molecule has 1 saturated carbocycles. The lowest BCUT2D eigenvalue weighted by atomic mass is 10.3. The summed E-state index contributed by atoms with van der Waals surface area (Å²) in [5.74, 6) is 3.16. The molecule has 0 unspecified atom stereocenters. The van der Waals surface area contributed by atoms with E-state index in [1.165, 1.54) is 12.8 Å². The third-order valence-corrected chi connectivity index (χ3v) is 3.10. The predicted molar refractivity (Wildman–Crippen MR) is 72.2 cm³/mol. The smallest absolute Gasteiger partial charge is 0.171 e.